The molecule has 0 bridgehead atoms. The van der Waals surface area contributed by atoms with Crippen molar-refractivity contribution in [3.05, 3.63) is 46.6 Å². The maximum Gasteiger partial charge on any atom is 0.278 e. The zero-order valence-corrected chi connectivity index (χ0v) is 22.7. The number of ether oxygens (including phenoxy) is 2. The molecule has 2 aromatic heterocycles. The number of amides is 1. The number of carbonyl (C=O) groups excluding carboxylic acids is 1. The summed E-state index contributed by atoms with van der Waals surface area (Å²) in [5.74, 6) is -1.75. The predicted octanol–water partition coefficient (Wildman–Crippen LogP) is 5.47. The summed E-state index contributed by atoms with van der Waals surface area (Å²) in [7, 11) is 1.58. The molecule has 0 saturated heterocycles. The van der Waals surface area contributed by atoms with Gasteiger partial charge in [0.05, 0.1) is 12.8 Å². The lowest BCUT2D eigenvalue weighted by molar-refractivity contribution is -0.0230. The number of methoxy groups -OCH3 is 1. The maximum atomic E-state index is 13.1. The number of fused-ring (bicyclic) bond motifs is 2. The second-order valence-electron chi connectivity index (χ2n) is 10.4. The highest BCUT2D eigenvalue weighted by Gasteiger charge is 2.27. The van der Waals surface area contributed by atoms with Crippen LogP contribution in [0, 0.1) is 5.92 Å². The smallest absolute Gasteiger partial charge is 0.278 e. The minimum absolute atomic E-state index is 0.0503. The molecule has 7 nitrogen and oxygen atoms in total. The molecule has 1 aliphatic heterocycles. The number of hydrogen-bond donors (Lipinski definition) is 1. The highest BCUT2D eigenvalue weighted by atomic mass is 32.1. The number of aromatic nitrogens is 2. The Labute approximate surface area is 225 Å². The van der Waals surface area contributed by atoms with E-state index in [9.17, 15) is 13.6 Å². The van der Waals surface area contributed by atoms with Crippen molar-refractivity contribution < 1.29 is 23.0 Å². The lowest BCUT2D eigenvalue weighted by atomic mass is 9.84. The van der Waals surface area contributed by atoms with E-state index in [1.54, 1.807) is 13.3 Å². The van der Waals surface area contributed by atoms with Crippen LogP contribution in [0.5, 0.6) is 11.1 Å². The van der Waals surface area contributed by atoms with E-state index in [0.29, 0.717) is 22.6 Å². The average molecular weight is 545 g/mol. The first-order chi connectivity index (χ1) is 18.3. The molecule has 0 atom stereocenters. The van der Waals surface area contributed by atoms with E-state index in [1.165, 1.54) is 11.3 Å². The highest BCUT2D eigenvalue weighted by Crippen LogP contribution is 2.32. The standard InChI is InChI=1S/C28H34F2N4O3S/c1-28(29,30)17-37-27-33-23-16-34(15-12-24(23)38-27)14-11-18-6-8-19(9-7-18)32-25(35)21-4-3-5-22-20(21)10-13-31-26(22)36-2/h3-5,10,13,18-19H,6-9,11-12,14-17H2,1-2H3,(H,32,35)/t18-,19-. The normalized spacial score (nSPS) is 20.2. The minimum atomic E-state index is -2.86. The Morgan fingerprint density at radius 1 is 1.21 bits per heavy atom. The molecule has 10 heteroatoms. The molecule has 1 N–H and O–H groups in total. The Balaban J connectivity index is 1.08. The summed E-state index contributed by atoms with van der Waals surface area (Å²) < 4.78 is 36.7. The predicted molar refractivity (Wildman–Crippen MR) is 143 cm³/mol. The third kappa shape index (κ3) is 6.40. The third-order valence-electron chi connectivity index (χ3n) is 7.48. The number of pyridine rings is 1. The minimum Gasteiger partial charge on any atom is -0.481 e. The molecular formula is C28H34F2N4O3S. The number of nitrogens with zero attached hydrogens (tertiary/aromatic N) is 3. The number of halogens is 2. The molecular weight excluding hydrogens is 510 g/mol. The van der Waals surface area contributed by atoms with Crippen molar-refractivity contribution >= 4 is 28.0 Å². The first-order valence-electron chi connectivity index (χ1n) is 13.2. The summed E-state index contributed by atoms with van der Waals surface area (Å²) in [5, 5.41) is 5.27. The van der Waals surface area contributed by atoms with Gasteiger partial charge < -0.3 is 14.8 Å². The molecule has 5 rings (SSSR count). The lowest BCUT2D eigenvalue weighted by Gasteiger charge is -2.32. The number of benzene rings is 1. The lowest BCUT2D eigenvalue weighted by Crippen LogP contribution is -2.38. The summed E-state index contributed by atoms with van der Waals surface area (Å²) in [6.07, 6.45) is 7.81. The zero-order valence-electron chi connectivity index (χ0n) is 21.8. The first kappa shape index (κ1) is 26.7. The monoisotopic (exact) mass is 544 g/mol. The van der Waals surface area contributed by atoms with Crippen molar-refractivity contribution in [1.29, 1.82) is 0 Å². The van der Waals surface area contributed by atoms with Crippen LogP contribution in [0.1, 0.15) is 60.0 Å². The number of alkyl halides is 2. The number of thiazole rings is 1. The van der Waals surface area contributed by atoms with Gasteiger partial charge in [-0.2, -0.15) is 0 Å². The Bertz CT molecular complexity index is 1270. The molecule has 204 valence electrons. The average Bonchev–Trinajstić information content (AvgIpc) is 3.33. The largest absolute Gasteiger partial charge is 0.481 e. The van der Waals surface area contributed by atoms with E-state index < -0.39 is 12.5 Å². The summed E-state index contributed by atoms with van der Waals surface area (Å²) in [4.78, 5) is 25.3. The highest BCUT2D eigenvalue weighted by molar-refractivity contribution is 7.13. The fourth-order valence-electron chi connectivity index (χ4n) is 5.43. The van der Waals surface area contributed by atoms with E-state index in [4.69, 9.17) is 9.47 Å². The molecule has 0 spiro atoms. The summed E-state index contributed by atoms with van der Waals surface area (Å²) in [6, 6.07) is 7.67. The Kier molecular flexibility index (Phi) is 8.09. The topological polar surface area (TPSA) is 76.6 Å². The Hall–Kier alpha value is -2.85. The van der Waals surface area contributed by atoms with Crippen LogP contribution in [0.4, 0.5) is 8.78 Å². The van der Waals surface area contributed by atoms with Gasteiger partial charge in [-0.05, 0) is 69.2 Å². The number of nitrogens with one attached hydrogen (secondary N) is 1. The van der Waals surface area contributed by atoms with Crippen molar-refractivity contribution in [3.63, 3.8) is 0 Å². The van der Waals surface area contributed by atoms with Crippen LogP contribution >= 0.6 is 11.3 Å². The van der Waals surface area contributed by atoms with E-state index >= 15 is 0 Å². The number of carbonyl (C=O) groups is 1. The van der Waals surface area contributed by atoms with Crippen LogP contribution in [0.15, 0.2) is 30.5 Å². The Morgan fingerprint density at radius 2 is 2.03 bits per heavy atom. The first-order valence-corrected chi connectivity index (χ1v) is 14.0. The van der Waals surface area contributed by atoms with Gasteiger partial charge in [-0.3, -0.25) is 9.69 Å². The maximum absolute atomic E-state index is 13.1. The summed E-state index contributed by atoms with van der Waals surface area (Å²) in [5.41, 5.74) is 1.61. The molecule has 1 aromatic carbocycles. The number of rotatable bonds is 9. The van der Waals surface area contributed by atoms with Crippen molar-refractivity contribution in [2.45, 2.75) is 64.0 Å². The molecule has 1 fully saturated rings. The van der Waals surface area contributed by atoms with Gasteiger partial charge in [0.2, 0.25) is 5.88 Å². The Morgan fingerprint density at radius 3 is 2.79 bits per heavy atom. The quantitative estimate of drug-likeness (QED) is 0.385. The van der Waals surface area contributed by atoms with Gasteiger partial charge in [0.1, 0.15) is 0 Å². The second kappa shape index (κ2) is 11.5. The molecule has 1 saturated carbocycles. The summed E-state index contributed by atoms with van der Waals surface area (Å²) >= 11 is 1.39. The second-order valence-corrected chi connectivity index (χ2v) is 11.5. The van der Waals surface area contributed by atoms with E-state index in [1.807, 2.05) is 24.3 Å². The molecule has 3 heterocycles. The van der Waals surface area contributed by atoms with Gasteiger partial charge in [0.25, 0.3) is 17.0 Å². The van der Waals surface area contributed by atoms with Gasteiger partial charge in [0.15, 0.2) is 6.61 Å². The fraction of sp³-hybridized carbons (Fsp3) is 0.536. The molecule has 1 aliphatic carbocycles. The molecule has 0 radical (unpaired) electrons. The van der Waals surface area contributed by atoms with Crippen LogP contribution in [0.2, 0.25) is 0 Å². The molecule has 3 aromatic rings. The SMILES string of the molecule is COc1nccc2c(C(=O)N[C@H]3CC[C@H](CCN4CCc5sc(OCC(C)(F)F)nc5C4)CC3)cccc12. The van der Waals surface area contributed by atoms with Crippen LogP contribution in [-0.2, 0) is 13.0 Å². The zero-order chi connectivity index (χ0) is 26.7. The van der Waals surface area contributed by atoms with Gasteiger partial charge in [-0.1, -0.05) is 17.4 Å². The third-order valence-corrected chi connectivity index (χ3v) is 8.55. The number of hydrogen-bond acceptors (Lipinski definition) is 7. The van der Waals surface area contributed by atoms with Crippen LogP contribution in [-0.4, -0.2) is 59.5 Å². The van der Waals surface area contributed by atoms with E-state index in [-0.39, 0.29) is 11.9 Å². The van der Waals surface area contributed by atoms with Gasteiger partial charge >= 0.3 is 0 Å². The van der Waals surface area contributed by atoms with Crippen molar-refractivity contribution in [2.24, 2.45) is 5.92 Å². The van der Waals surface area contributed by atoms with Crippen molar-refractivity contribution in [1.82, 2.24) is 20.2 Å². The van der Waals surface area contributed by atoms with Crippen LogP contribution in [0.3, 0.4) is 0 Å². The van der Waals surface area contributed by atoms with Gasteiger partial charge in [-0.25, -0.2) is 18.7 Å². The molecule has 2 aliphatic rings. The van der Waals surface area contributed by atoms with Gasteiger partial charge in [-0.15, -0.1) is 0 Å². The van der Waals surface area contributed by atoms with E-state index in [0.717, 1.165) is 86.4 Å². The van der Waals surface area contributed by atoms with Crippen molar-refractivity contribution in [3.8, 4) is 11.1 Å². The fourth-order valence-corrected chi connectivity index (χ4v) is 6.34. The van der Waals surface area contributed by atoms with Crippen molar-refractivity contribution in [2.75, 3.05) is 26.8 Å². The molecule has 38 heavy (non-hydrogen) atoms. The molecule has 0 unspecified atom stereocenters. The molecule has 1 amide bonds. The van der Waals surface area contributed by atoms with E-state index in [2.05, 4.69) is 20.2 Å². The van der Waals surface area contributed by atoms with Crippen LogP contribution < -0.4 is 14.8 Å². The van der Waals surface area contributed by atoms with Gasteiger partial charge in [0, 0.05) is 53.5 Å². The van der Waals surface area contributed by atoms with Crippen LogP contribution in [0.25, 0.3) is 10.8 Å². The summed E-state index contributed by atoms with van der Waals surface area (Å²) in [6.45, 7) is 2.90.